The maximum absolute atomic E-state index is 12.9. The van der Waals surface area contributed by atoms with Crippen molar-refractivity contribution in [3.8, 4) is 11.5 Å². The molecule has 0 saturated carbocycles. The van der Waals surface area contributed by atoms with E-state index < -0.39 is 21.9 Å². The van der Waals surface area contributed by atoms with Crippen LogP contribution in [0.4, 0.5) is 0 Å². The predicted octanol–water partition coefficient (Wildman–Crippen LogP) is 2.66. The van der Waals surface area contributed by atoms with E-state index in [1.165, 1.54) is 68.3 Å². The number of methoxy groups -OCH3 is 3. The Hall–Kier alpha value is -3.22. The van der Waals surface area contributed by atoms with Crippen molar-refractivity contribution in [3.63, 3.8) is 0 Å². The second kappa shape index (κ2) is 10.6. The summed E-state index contributed by atoms with van der Waals surface area (Å²) in [6, 6.07) is 8.79. The van der Waals surface area contributed by atoms with Crippen molar-refractivity contribution in [2.24, 2.45) is 4.99 Å². The SMILES string of the molecule is COC(=O)Cn1c(=NC(=O)c2ccc(S(=O)(=O)N(C)C(C)C)cc2)sc2cc(OC)c(OC)cc21. The predicted molar refractivity (Wildman–Crippen MR) is 131 cm³/mol. The van der Waals surface area contributed by atoms with Crippen molar-refractivity contribution < 1.29 is 32.2 Å². The van der Waals surface area contributed by atoms with Gasteiger partial charge in [-0.3, -0.25) is 9.59 Å². The minimum absolute atomic E-state index is 0.0760. The topological polar surface area (TPSA) is 117 Å². The van der Waals surface area contributed by atoms with Gasteiger partial charge in [0.15, 0.2) is 16.3 Å². The highest BCUT2D eigenvalue weighted by atomic mass is 32.2. The summed E-state index contributed by atoms with van der Waals surface area (Å²) in [6.07, 6.45) is 0. The third kappa shape index (κ3) is 5.39. The monoisotopic (exact) mass is 521 g/mol. The number of carbonyl (C=O) groups excluding carboxylic acids is 2. The first-order valence-corrected chi connectivity index (χ1v) is 12.8. The summed E-state index contributed by atoms with van der Waals surface area (Å²) >= 11 is 1.19. The van der Waals surface area contributed by atoms with Crippen molar-refractivity contribution in [1.29, 1.82) is 0 Å². The zero-order valence-electron chi connectivity index (χ0n) is 20.3. The number of thiazole rings is 1. The van der Waals surface area contributed by atoms with Gasteiger partial charge in [0.25, 0.3) is 5.91 Å². The van der Waals surface area contributed by atoms with Crippen molar-refractivity contribution in [2.45, 2.75) is 31.3 Å². The van der Waals surface area contributed by atoms with Gasteiger partial charge in [0.05, 0.1) is 36.4 Å². The largest absolute Gasteiger partial charge is 0.493 e. The Labute approximate surface area is 207 Å². The molecule has 35 heavy (non-hydrogen) atoms. The molecular formula is C23H27N3O7S2. The van der Waals surface area contributed by atoms with Gasteiger partial charge in [0.2, 0.25) is 10.0 Å². The molecule has 3 aromatic rings. The van der Waals surface area contributed by atoms with Gasteiger partial charge >= 0.3 is 5.97 Å². The number of hydrogen-bond acceptors (Lipinski definition) is 8. The van der Waals surface area contributed by atoms with E-state index in [9.17, 15) is 18.0 Å². The van der Waals surface area contributed by atoms with Crippen LogP contribution in [0.2, 0.25) is 0 Å². The Morgan fingerprint density at radius 3 is 2.20 bits per heavy atom. The molecule has 188 valence electrons. The number of nitrogens with zero attached hydrogens (tertiary/aromatic N) is 3. The lowest BCUT2D eigenvalue weighted by atomic mass is 10.2. The first-order chi connectivity index (χ1) is 16.5. The molecule has 12 heteroatoms. The van der Waals surface area contributed by atoms with E-state index in [2.05, 4.69) is 4.99 Å². The lowest BCUT2D eigenvalue weighted by Gasteiger charge is -2.20. The zero-order valence-corrected chi connectivity index (χ0v) is 21.9. The summed E-state index contributed by atoms with van der Waals surface area (Å²) < 4.78 is 44.4. The number of amides is 1. The Morgan fingerprint density at radius 1 is 1.06 bits per heavy atom. The van der Waals surface area contributed by atoms with Crippen LogP contribution in [0.1, 0.15) is 24.2 Å². The molecule has 0 aliphatic heterocycles. The molecule has 0 aliphatic rings. The maximum Gasteiger partial charge on any atom is 0.325 e. The molecule has 1 heterocycles. The van der Waals surface area contributed by atoms with Crippen LogP contribution < -0.4 is 14.3 Å². The van der Waals surface area contributed by atoms with Crippen LogP contribution in [0, 0.1) is 0 Å². The van der Waals surface area contributed by atoms with Gasteiger partial charge in [-0.1, -0.05) is 11.3 Å². The average Bonchev–Trinajstić information content (AvgIpc) is 3.17. The number of benzene rings is 2. The van der Waals surface area contributed by atoms with Crippen LogP contribution in [0.15, 0.2) is 46.3 Å². The van der Waals surface area contributed by atoms with E-state index >= 15 is 0 Å². The van der Waals surface area contributed by atoms with Crippen LogP contribution in [0.25, 0.3) is 10.2 Å². The maximum atomic E-state index is 12.9. The lowest BCUT2D eigenvalue weighted by molar-refractivity contribution is -0.141. The summed E-state index contributed by atoms with van der Waals surface area (Å²) in [6.45, 7) is 3.37. The van der Waals surface area contributed by atoms with Crippen LogP contribution in [-0.2, 0) is 26.1 Å². The number of ether oxygens (including phenoxy) is 3. The summed E-state index contributed by atoms with van der Waals surface area (Å²) in [5.74, 6) is -0.155. The molecule has 0 fully saturated rings. The van der Waals surface area contributed by atoms with Gasteiger partial charge < -0.3 is 18.8 Å². The first kappa shape index (κ1) is 26.4. The standard InChI is InChI=1S/C23H27N3O7S2/c1-14(2)25(3)35(29,30)16-9-7-15(8-10-16)22(28)24-23-26(13-21(27)33-6)17-11-18(31-4)19(32-5)12-20(17)34-23/h7-12,14H,13H2,1-6H3. The number of esters is 1. The highest BCUT2D eigenvalue weighted by Gasteiger charge is 2.23. The van der Waals surface area contributed by atoms with Crippen molar-refractivity contribution >= 4 is 43.5 Å². The second-order valence-electron chi connectivity index (χ2n) is 7.78. The molecule has 1 amide bonds. The molecule has 0 N–H and O–H groups in total. The molecule has 0 atom stereocenters. The average molecular weight is 522 g/mol. The van der Waals surface area contributed by atoms with Crippen LogP contribution in [0.5, 0.6) is 11.5 Å². The minimum Gasteiger partial charge on any atom is -0.493 e. The molecular weight excluding hydrogens is 494 g/mol. The highest BCUT2D eigenvalue weighted by Crippen LogP contribution is 2.33. The zero-order chi connectivity index (χ0) is 25.9. The van der Waals surface area contributed by atoms with E-state index in [4.69, 9.17) is 14.2 Å². The molecule has 0 radical (unpaired) electrons. The van der Waals surface area contributed by atoms with Gasteiger partial charge in [-0.2, -0.15) is 9.30 Å². The number of hydrogen-bond donors (Lipinski definition) is 0. The van der Waals surface area contributed by atoms with Gasteiger partial charge in [-0.25, -0.2) is 8.42 Å². The second-order valence-corrected chi connectivity index (χ2v) is 10.8. The quantitative estimate of drug-likeness (QED) is 0.419. The number of aromatic nitrogens is 1. The number of rotatable bonds is 8. The third-order valence-electron chi connectivity index (χ3n) is 5.41. The van der Waals surface area contributed by atoms with E-state index in [1.54, 1.807) is 30.5 Å². The molecule has 0 unspecified atom stereocenters. The molecule has 3 rings (SSSR count). The number of fused-ring (bicyclic) bond motifs is 1. The van der Waals surface area contributed by atoms with Crippen LogP contribution in [0.3, 0.4) is 0 Å². The molecule has 0 bridgehead atoms. The van der Waals surface area contributed by atoms with E-state index in [1.807, 2.05) is 0 Å². The fourth-order valence-corrected chi connectivity index (χ4v) is 5.60. The van der Waals surface area contributed by atoms with Gasteiger partial charge in [-0.15, -0.1) is 0 Å². The van der Waals surface area contributed by atoms with Crippen molar-refractivity contribution in [2.75, 3.05) is 28.4 Å². The Bertz CT molecular complexity index is 1420. The Balaban J connectivity index is 2.07. The Morgan fingerprint density at radius 2 is 1.66 bits per heavy atom. The first-order valence-electron chi connectivity index (χ1n) is 10.5. The summed E-state index contributed by atoms with van der Waals surface area (Å²) in [5, 5.41) is 0. The van der Waals surface area contributed by atoms with Crippen molar-refractivity contribution in [3.05, 3.63) is 46.8 Å². The summed E-state index contributed by atoms with van der Waals surface area (Å²) in [7, 11) is 2.10. The van der Waals surface area contributed by atoms with E-state index in [0.717, 1.165) is 4.70 Å². The van der Waals surface area contributed by atoms with Crippen molar-refractivity contribution in [1.82, 2.24) is 8.87 Å². The number of carbonyl (C=O) groups is 2. The third-order valence-corrected chi connectivity index (χ3v) is 8.49. The van der Waals surface area contributed by atoms with E-state index in [0.29, 0.717) is 17.0 Å². The fraction of sp³-hybridized carbons (Fsp3) is 0.348. The van der Waals surface area contributed by atoms with E-state index in [-0.39, 0.29) is 27.8 Å². The molecule has 2 aromatic carbocycles. The molecule has 10 nitrogen and oxygen atoms in total. The molecule has 0 spiro atoms. The van der Waals surface area contributed by atoms with Crippen LogP contribution in [-0.4, -0.2) is 63.6 Å². The van der Waals surface area contributed by atoms with Crippen LogP contribution >= 0.6 is 11.3 Å². The molecule has 1 aromatic heterocycles. The fourth-order valence-electron chi connectivity index (χ4n) is 3.19. The smallest absolute Gasteiger partial charge is 0.325 e. The van der Waals surface area contributed by atoms with Gasteiger partial charge in [-0.05, 0) is 38.1 Å². The van der Waals surface area contributed by atoms with Gasteiger partial charge in [0.1, 0.15) is 6.54 Å². The normalized spacial score (nSPS) is 12.4. The Kier molecular flexibility index (Phi) is 7.98. The summed E-state index contributed by atoms with van der Waals surface area (Å²) in [5.41, 5.74) is 0.816. The lowest BCUT2D eigenvalue weighted by Crippen LogP contribution is -2.33. The minimum atomic E-state index is -3.68. The molecule has 0 saturated heterocycles. The van der Waals surface area contributed by atoms with Gasteiger partial charge in [0, 0.05) is 30.8 Å². The summed E-state index contributed by atoms with van der Waals surface area (Å²) in [4.78, 5) is 29.6. The number of sulfonamides is 1. The highest BCUT2D eigenvalue weighted by molar-refractivity contribution is 7.89. The molecule has 0 aliphatic carbocycles.